The van der Waals surface area contributed by atoms with Crippen LogP contribution in [0, 0.1) is 6.92 Å². The summed E-state index contributed by atoms with van der Waals surface area (Å²) in [6, 6.07) is 11.8. The van der Waals surface area contributed by atoms with Crippen LogP contribution in [0.2, 0.25) is 0 Å². The molecule has 11 heteroatoms. The van der Waals surface area contributed by atoms with Crippen LogP contribution in [0.3, 0.4) is 0 Å². The van der Waals surface area contributed by atoms with Crippen molar-refractivity contribution >= 4 is 21.6 Å². The maximum Gasteiger partial charge on any atom is 0.418 e. The summed E-state index contributed by atoms with van der Waals surface area (Å²) in [6.45, 7) is 1.49. The Hall–Kier alpha value is -3.31. The second-order valence-electron chi connectivity index (χ2n) is 6.50. The van der Waals surface area contributed by atoms with Crippen molar-refractivity contribution in [2.45, 2.75) is 24.5 Å². The van der Waals surface area contributed by atoms with Crippen LogP contribution in [-0.2, 0) is 22.7 Å². The molecule has 0 atom stereocenters. The quantitative estimate of drug-likeness (QED) is 0.472. The van der Waals surface area contributed by atoms with E-state index < -0.39 is 27.7 Å². The zero-order chi connectivity index (χ0) is 22.6. The summed E-state index contributed by atoms with van der Waals surface area (Å²) in [7, 11) is -3.96. The summed E-state index contributed by atoms with van der Waals surface area (Å²) in [5.41, 5.74) is 3.56. The van der Waals surface area contributed by atoms with Crippen molar-refractivity contribution in [3.05, 3.63) is 83.3 Å². The van der Waals surface area contributed by atoms with Gasteiger partial charge in [0, 0.05) is 5.56 Å². The molecule has 1 heterocycles. The molecule has 0 aliphatic carbocycles. The SMILES string of the molecule is Cc1ccc(S(=O)(=O)NCc2ccco2)cc1C(=O)NNc1ccccc1C(F)(F)F. The Morgan fingerprint density at radius 1 is 1.06 bits per heavy atom. The standard InChI is InChI=1S/C20H18F3N3O4S/c1-13-8-9-15(31(28,29)24-12-14-5-4-10-30-14)11-16(13)19(27)26-25-18-7-3-2-6-17(18)20(21,22)23/h2-11,24-25H,12H2,1H3,(H,26,27). The molecule has 3 rings (SSSR count). The lowest BCUT2D eigenvalue weighted by molar-refractivity contribution is -0.137. The Morgan fingerprint density at radius 2 is 1.81 bits per heavy atom. The fraction of sp³-hybridized carbons (Fsp3) is 0.150. The summed E-state index contributed by atoms with van der Waals surface area (Å²) in [5.74, 6) is -0.390. The van der Waals surface area contributed by atoms with Crippen molar-refractivity contribution in [3.8, 4) is 0 Å². The second kappa shape index (κ2) is 8.82. The van der Waals surface area contributed by atoms with Gasteiger partial charge in [-0.15, -0.1) is 0 Å². The molecule has 2 aromatic carbocycles. The molecule has 164 valence electrons. The van der Waals surface area contributed by atoms with Gasteiger partial charge in [-0.3, -0.25) is 15.6 Å². The zero-order valence-corrected chi connectivity index (χ0v) is 17.0. The van der Waals surface area contributed by atoms with Crippen molar-refractivity contribution in [2.24, 2.45) is 0 Å². The lowest BCUT2D eigenvalue weighted by atomic mass is 10.1. The topological polar surface area (TPSA) is 100 Å². The average Bonchev–Trinajstić information content (AvgIpc) is 3.24. The normalized spacial score (nSPS) is 11.9. The monoisotopic (exact) mass is 453 g/mol. The van der Waals surface area contributed by atoms with Crippen LogP contribution in [-0.4, -0.2) is 14.3 Å². The average molecular weight is 453 g/mol. The number of halogens is 3. The number of hydrogen-bond acceptors (Lipinski definition) is 5. The van der Waals surface area contributed by atoms with Crippen LogP contribution in [0.25, 0.3) is 0 Å². The number of nitrogens with one attached hydrogen (secondary N) is 3. The van der Waals surface area contributed by atoms with Gasteiger partial charge in [-0.2, -0.15) is 13.2 Å². The highest BCUT2D eigenvalue weighted by atomic mass is 32.2. The number of aryl methyl sites for hydroxylation is 1. The highest BCUT2D eigenvalue weighted by Gasteiger charge is 2.33. The number of anilines is 1. The maximum absolute atomic E-state index is 13.1. The molecule has 0 aliphatic rings. The van der Waals surface area contributed by atoms with E-state index in [4.69, 9.17) is 4.42 Å². The predicted octanol–water partition coefficient (Wildman–Crippen LogP) is 3.84. The van der Waals surface area contributed by atoms with E-state index in [0.717, 1.165) is 18.2 Å². The highest BCUT2D eigenvalue weighted by Crippen LogP contribution is 2.34. The number of hydrazine groups is 1. The second-order valence-corrected chi connectivity index (χ2v) is 8.27. The van der Waals surface area contributed by atoms with Gasteiger partial charge in [0.05, 0.1) is 29.0 Å². The third kappa shape index (κ3) is 5.44. The van der Waals surface area contributed by atoms with Gasteiger partial charge in [0.25, 0.3) is 5.91 Å². The first kappa shape index (κ1) is 22.4. The molecule has 0 aliphatic heterocycles. The molecule has 0 unspecified atom stereocenters. The summed E-state index contributed by atoms with van der Waals surface area (Å²) >= 11 is 0. The molecule has 1 aromatic heterocycles. The number of para-hydroxylation sites is 1. The Balaban J connectivity index is 1.76. The van der Waals surface area contributed by atoms with E-state index in [2.05, 4.69) is 15.6 Å². The van der Waals surface area contributed by atoms with E-state index in [0.29, 0.717) is 11.3 Å². The van der Waals surface area contributed by atoms with Crippen molar-refractivity contribution in [3.63, 3.8) is 0 Å². The van der Waals surface area contributed by atoms with E-state index in [9.17, 15) is 26.4 Å². The number of sulfonamides is 1. The summed E-state index contributed by atoms with van der Waals surface area (Å²) < 4.78 is 71.7. The summed E-state index contributed by atoms with van der Waals surface area (Å²) in [5, 5.41) is 0. The van der Waals surface area contributed by atoms with E-state index in [-0.39, 0.29) is 22.7 Å². The molecule has 3 N–H and O–H groups in total. The molecule has 7 nitrogen and oxygen atoms in total. The lowest BCUT2D eigenvalue weighted by Crippen LogP contribution is -2.31. The van der Waals surface area contributed by atoms with Gasteiger partial charge in [0.2, 0.25) is 10.0 Å². The third-order valence-corrected chi connectivity index (χ3v) is 5.72. The predicted molar refractivity (Wildman–Crippen MR) is 106 cm³/mol. The summed E-state index contributed by atoms with van der Waals surface area (Å²) in [6.07, 6.45) is -3.21. The molecule has 0 radical (unpaired) electrons. The van der Waals surface area contributed by atoms with E-state index in [1.54, 1.807) is 19.1 Å². The van der Waals surface area contributed by atoms with Gasteiger partial charge in [-0.1, -0.05) is 18.2 Å². The molecule has 0 saturated heterocycles. The molecule has 0 saturated carbocycles. The van der Waals surface area contributed by atoms with Crippen LogP contribution in [0.5, 0.6) is 0 Å². The van der Waals surface area contributed by atoms with E-state index >= 15 is 0 Å². The van der Waals surface area contributed by atoms with Crippen LogP contribution < -0.4 is 15.6 Å². The number of alkyl halides is 3. The number of benzene rings is 2. The van der Waals surface area contributed by atoms with Gasteiger partial charge in [0.1, 0.15) is 5.76 Å². The molecule has 1 amide bonds. The minimum Gasteiger partial charge on any atom is -0.468 e. The fourth-order valence-electron chi connectivity index (χ4n) is 2.71. The first-order chi connectivity index (χ1) is 14.6. The minimum absolute atomic E-state index is 0.0159. The highest BCUT2D eigenvalue weighted by molar-refractivity contribution is 7.89. The number of rotatable bonds is 7. The number of amides is 1. The van der Waals surface area contributed by atoms with Gasteiger partial charge >= 0.3 is 6.18 Å². The van der Waals surface area contributed by atoms with Gasteiger partial charge in [-0.25, -0.2) is 13.1 Å². The Kier molecular flexibility index (Phi) is 6.37. The zero-order valence-electron chi connectivity index (χ0n) is 16.2. The van der Waals surface area contributed by atoms with Gasteiger partial charge in [0.15, 0.2) is 0 Å². The number of carbonyl (C=O) groups is 1. The van der Waals surface area contributed by atoms with Gasteiger partial charge in [-0.05, 0) is 48.9 Å². The molecule has 0 spiro atoms. The van der Waals surface area contributed by atoms with Gasteiger partial charge < -0.3 is 4.42 Å². The van der Waals surface area contributed by atoms with Crippen LogP contribution in [0.4, 0.5) is 18.9 Å². The number of furan rings is 1. The minimum atomic E-state index is -4.61. The van der Waals surface area contributed by atoms with Crippen molar-refractivity contribution in [1.29, 1.82) is 0 Å². The Bertz CT molecular complexity index is 1180. The number of hydrogen-bond donors (Lipinski definition) is 3. The largest absolute Gasteiger partial charge is 0.468 e. The molecule has 0 fully saturated rings. The van der Waals surface area contributed by atoms with Crippen molar-refractivity contribution < 1.29 is 30.8 Å². The number of carbonyl (C=O) groups excluding carboxylic acids is 1. The maximum atomic E-state index is 13.1. The fourth-order valence-corrected chi connectivity index (χ4v) is 3.73. The first-order valence-corrected chi connectivity index (χ1v) is 10.4. The van der Waals surface area contributed by atoms with Crippen LogP contribution >= 0.6 is 0 Å². The molecular weight excluding hydrogens is 435 g/mol. The van der Waals surface area contributed by atoms with Crippen molar-refractivity contribution in [1.82, 2.24) is 10.1 Å². The van der Waals surface area contributed by atoms with Crippen LogP contribution in [0.1, 0.15) is 27.2 Å². The third-order valence-electron chi connectivity index (χ3n) is 4.32. The smallest absolute Gasteiger partial charge is 0.418 e. The Morgan fingerprint density at radius 3 is 2.48 bits per heavy atom. The molecule has 0 bridgehead atoms. The first-order valence-electron chi connectivity index (χ1n) is 8.93. The van der Waals surface area contributed by atoms with E-state index in [1.807, 2.05) is 0 Å². The summed E-state index contributed by atoms with van der Waals surface area (Å²) in [4.78, 5) is 12.4. The molecule has 31 heavy (non-hydrogen) atoms. The Labute approximate surface area is 176 Å². The van der Waals surface area contributed by atoms with E-state index in [1.165, 1.54) is 30.5 Å². The molecule has 3 aromatic rings. The van der Waals surface area contributed by atoms with Crippen molar-refractivity contribution in [2.75, 3.05) is 5.43 Å². The molecular formula is C20H18F3N3O4S. The van der Waals surface area contributed by atoms with Crippen LogP contribution in [0.15, 0.2) is 70.2 Å². The lowest BCUT2D eigenvalue weighted by Gasteiger charge is -2.16.